The fraction of sp³-hybridized carbons (Fsp3) is 0.542. The molecule has 0 N–H and O–H groups in total. The lowest BCUT2D eigenvalue weighted by Crippen LogP contribution is -2.37. The zero-order valence-corrected chi connectivity index (χ0v) is 20.0. The van der Waals surface area contributed by atoms with Gasteiger partial charge < -0.3 is 9.80 Å². The van der Waals surface area contributed by atoms with E-state index in [1.54, 1.807) is 11.8 Å². The summed E-state index contributed by atoms with van der Waals surface area (Å²) in [6, 6.07) is 9.81. The second kappa shape index (κ2) is 10.2. The van der Waals surface area contributed by atoms with Crippen molar-refractivity contribution in [1.29, 1.82) is 0 Å². The number of aromatic nitrogens is 2. The van der Waals surface area contributed by atoms with Crippen LogP contribution in [0.4, 0.5) is 5.82 Å². The number of piperidine rings is 2. The average molecular weight is 459 g/mol. The van der Waals surface area contributed by atoms with Gasteiger partial charge >= 0.3 is 0 Å². The van der Waals surface area contributed by atoms with Crippen molar-refractivity contribution in [1.82, 2.24) is 14.9 Å². The van der Waals surface area contributed by atoms with E-state index in [1.165, 1.54) is 12.8 Å². The minimum Gasteiger partial charge on any atom is -0.356 e. The van der Waals surface area contributed by atoms with E-state index in [0.29, 0.717) is 10.3 Å². The summed E-state index contributed by atoms with van der Waals surface area (Å²) in [5, 5.41) is 1.19. The van der Waals surface area contributed by atoms with Crippen LogP contribution in [-0.4, -0.2) is 47.0 Å². The zero-order valence-electron chi connectivity index (χ0n) is 18.4. The molecular weight excluding hydrogens is 428 g/mol. The van der Waals surface area contributed by atoms with Crippen molar-refractivity contribution in [3.63, 3.8) is 0 Å². The van der Waals surface area contributed by atoms with Crippen LogP contribution in [0.15, 0.2) is 35.5 Å². The minimum atomic E-state index is 0.143. The Morgan fingerprint density at radius 1 is 1.00 bits per heavy atom. The highest BCUT2D eigenvalue weighted by Crippen LogP contribution is 2.27. The van der Waals surface area contributed by atoms with Crippen molar-refractivity contribution in [2.24, 2.45) is 11.8 Å². The molecule has 0 unspecified atom stereocenters. The van der Waals surface area contributed by atoms with Crippen molar-refractivity contribution < 1.29 is 4.79 Å². The maximum absolute atomic E-state index is 12.7. The number of nitrogens with zero attached hydrogens (tertiary/aromatic N) is 4. The van der Waals surface area contributed by atoms with Gasteiger partial charge in [0.2, 0.25) is 0 Å². The monoisotopic (exact) mass is 458 g/mol. The van der Waals surface area contributed by atoms with Crippen molar-refractivity contribution in [2.45, 2.75) is 50.4 Å². The zero-order chi connectivity index (χ0) is 21.8. The number of thioether (sulfide) groups is 1. The van der Waals surface area contributed by atoms with E-state index in [1.807, 2.05) is 35.2 Å². The highest BCUT2D eigenvalue weighted by molar-refractivity contribution is 7.98. The molecule has 3 heterocycles. The molecule has 5 nitrogen and oxygen atoms in total. The van der Waals surface area contributed by atoms with Crippen LogP contribution in [-0.2, 0) is 5.75 Å². The Hall–Kier alpha value is -1.79. The van der Waals surface area contributed by atoms with Crippen molar-refractivity contribution in [2.75, 3.05) is 31.1 Å². The highest BCUT2D eigenvalue weighted by atomic mass is 35.5. The predicted octanol–water partition coefficient (Wildman–Crippen LogP) is 5.53. The summed E-state index contributed by atoms with van der Waals surface area (Å²) >= 11 is 7.87. The first-order chi connectivity index (χ1) is 15.0. The van der Waals surface area contributed by atoms with E-state index < -0.39 is 0 Å². The molecule has 7 heteroatoms. The Labute approximate surface area is 194 Å². The van der Waals surface area contributed by atoms with E-state index in [-0.39, 0.29) is 5.91 Å². The fourth-order valence-electron chi connectivity index (χ4n) is 4.14. The van der Waals surface area contributed by atoms with Crippen LogP contribution in [0.1, 0.15) is 55.5 Å². The van der Waals surface area contributed by atoms with E-state index in [9.17, 15) is 4.79 Å². The molecule has 4 rings (SSSR count). The third-order valence-corrected chi connectivity index (χ3v) is 7.52. The molecule has 0 spiro atoms. The standard InChI is InChI=1S/C24H31ClN4OS/c1-17-7-11-28(12-8-17)22-15-21(25)26-24(27-22)31-16-19-3-5-20(6-4-19)23(30)29-13-9-18(2)10-14-29/h3-6,15,17-18H,7-14,16H2,1-2H3. The smallest absolute Gasteiger partial charge is 0.253 e. The maximum Gasteiger partial charge on any atom is 0.253 e. The molecule has 2 aromatic rings. The number of hydrogen-bond donors (Lipinski definition) is 0. The van der Waals surface area contributed by atoms with Gasteiger partial charge in [0.15, 0.2) is 5.16 Å². The molecule has 0 radical (unpaired) electrons. The quantitative estimate of drug-likeness (QED) is 0.335. The third-order valence-electron chi connectivity index (χ3n) is 6.41. The molecule has 0 aliphatic carbocycles. The van der Waals surface area contributed by atoms with Gasteiger partial charge in [-0.1, -0.05) is 49.3 Å². The second-order valence-corrected chi connectivity index (χ2v) is 10.3. The molecule has 2 aliphatic rings. The summed E-state index contributed by atoms with van der Waals surface area (Å²) in [7, 11) is 0. The second-order valence-electron chi connectivity index (χ2n) is 8.96. The third kappa shape index (κ3) is 5.92. The van der Waals surface area contributed by atoms with Crippen molar-refractivity contribution in [3.05, 3.63) is 46.6 Å². The molecule has 1 amide bonds. The Kier molecular flexibility index (Phi) is 7.39. The van der Waals surface area contributed by atoms with Crippen LogP contribution >= 0.6 is 23.4 Å². The van der Waals surface area contributed by atoms with Gasteiger partial charge in [0.05, 0.1) is 0 Å². The Bertz CT molecular complexity index is 891. The van der Waals surface area contributed by atoms with Gasteiger partial charge in [-0.2, -0.15) is 0 Å². The summed E-state index contributed by atoms with van der Waals surface area (Å²) in [5.41, 5.74) is 1.91. The highest BCUT2D eigenvalue weighted by Gasteiger charge is 2.21. The van der Waals surface area contributed by atoms with E-state index >= 15 is 0 Å². The number of hydrogen-bond acceptors (Lipinski definition) is 5. The van der Waals surface area contributed by atoms with Crippen molar-refractivity contribution >= 4 is 35.1 Å². The summed E-state index contributed by atoms with van der Waals surface area (Å²) in [5.74, 6) is 3.30. The maximum atomic E-state index is 12.7. The van der Waals surface area contributed by atoms with E-state index in [4.69, 9.17) is 16.6 Å². The number of benzene rings is 1. The topological polar surface area (TPSA) is 49.3 Å². The van der Waals surface area contributed by atoms with Gasteiger partial charge in [0.1, 0.15) is 11.0 Å². The molecule has 31 heavy (non-hydrogen) atoms. The number of halogens is 1. The first-order valence-electron chi connectivity index (χ1n) is 11.3. The van der Waals surface area contributed by atoms with E-state index in [2.05, 4.69) is 23.7 Å². The number of amides is 1. The van der Waals surface area contributed by atoms with Gasteiger partial charge in [0, 0.05) is 43.6 Å². The Morgan fingerprint density at radius 2 is 1.61 bits per heavy atom. The van der Waals surface area contributed by atoms with Gasteiger partial charge in [0.25, 0.3) is 5.91 Å². The molecule has 1 aromatic heterocycles. The van der Waals surface area contributed by atoms with Gasteiger partial charge in [-0.25, -0.2) is 9.97 Å². The molecule has 1 aromatic carbocycles. The number of anilines is 1. The number of carbonyl (C=O) groups excluding carboxylic acids is 1. The summed E-state index contributed by atoms with van der Waals surface area (Å²) in [4.78, 5) is 26.2. The van der Waals surface area contributed by atoms with Gasteiger partial charge in [-0.3, -0.25) is 4.79 Å². The van der Waals surface area contributed by atoms with Crippen LogP contribution < -0.4 is 4.90 Å². The van der Waals surface area contributed by atoms with Gasteiger partial charge in [-0.05, 0) is 55.2 Å². The van der Waals surface area contributed by atoms with Crippen LogP contribution in [0.2, 0.25) is 5.15 Å². The predicted molar refractivity (Wildman–Crippen MR) is 128 cm³/mol. The SMILES string of the molecule is CC1CCN(C(=O)c2ccc(CSc3nc(Cl)cc(N4CCC(C)CC4)n3)cc2)CC1. The van der Waals surface area contributed by atoms with Gasteiger partial charge in [-0.15, -0.1) is 0 Å². The first-order valence-corrected chi connectivity index (χ1v) is 12.6. The molecular formula is C24H31ClN4OS. The molecule has 2 aliphatic heterocycles. The number of rotatable bonds is 5. The Balaban J connectivity index is 1.35. The molecule has 2 saturated heterocycles. The number of carbonyl (C=O) groups is 1. The van der Waals surface area contributed by atoms with Crippen LogP contribution in [0.3, 0.4) is 0 Å². The Morgan fingerprint density at radius 3 is 2.26 bits per heavy atom. The fourth-order valence-corrected chi connectivity index (χ4v) is 5.17. The molecule has 0 saturated carbocycles. The van der Waals surface area contributed by atoms with Crippen LogP contribution in [0.25, 0.3) is 0 Å². The molecule has 2 fully saturated rings. The lowest BCUT2D eigenvalue weighted by atomic mass is 9.98. The first kappa shape index (κ1) is 22.4. The van der Waals surface area contributed by atoms with Crippen LogP contribution in [0, 0.1) is 11.8 Å². The summed E-state index contributed by atoms with van der Waals surface area (Å²) < 4.78 is 0. The normalized spacial score (nSPS) is 18.4. The lowest BCUT2D eigenvalue weighted by molar-refractivity contribution is 0.0697. The number of likely N-dealkylation sites (tertiary alicyclic amines) is 1. The largest absolute Gasteiger partial charge is 0.356 e. The minimum absolute atomic E-state index is 0.143. The molecule has 166 valence electrons. The van der Waals surface area contributed by atoms with E-state index in [0.717, 1.165) is 73.6 Å². The van der Waals surface area contributed by atoms with Crippen LogP contribution in [0.5, 0.6) is 0 Å². The summed E-state index contributed by atoms with van der Waals surface area (Å²) in [6.07, 6.45) is 4.56. The molecule has 0 atom stereocenters. The lowest BCUT2D eigenvalue weighted by Gasteiger charge is -2.31. The van der Waals surface area contributed by atoms with Crippen molar-refractivity contribution in [3.8, 4) is 0 Å². The summed E-state index contributed by atoms with van der Waals surface area (Å²) in [6.45, 7) is 8.32. The average Bonchev–Trinajstić information content (AvgIpc) is 2.78. The molecule has 0 bridgehead atoms.